The van der Waals surface area contributed by atoms with Crippen molar-refractivity contribution in [2.75, 3.05) is 25.7 Å². The van der Waals surface area contributed by atoms with Gasteiger partial charge < -0.3 is 14.4 Å². The Labute approximate surface area is 175 Å². The highest BCUT2D eigenvalue weighted by Crippen LogP contribution is 2.33. The average Bonchev–Trinajstić information content (AvgIpc) is 3.21. The molecule has 5 rings (SSSR count). The van der Waals surface area contributed by atoms with Crippen molar-refractivity contribution in [3.05, 3.63) is 72.1 Å². The van der Waals surface area contributed by atoms with Crippen LogP contribution >= 0.6 is 0 Å². The van der Waals surface area contributed by atoms with Crippen LogP contribution in [0, 0.1) is 0 Å². The van der Waals surface area contributed by atoms with Crippen LogP contribution < -0.4 is 14.4 Å². The summed E-state index contributed by atoms with van der Waals surface area (Å²) in [5.41, 5.74) is 5.40. The largest absolute Gasteiger partial charge is 0.497 e. The van der Waals surface area contributed by atoms with Crippen molar-refractivity contribution >= 4 is 11.5 Å². The Hall–Kier alpha value is -3.54. The first-order valence-corrected chi connectivity index (χ1v) is 10.2. The minimum atomic E-state index is 0.734. The van der Waals surface area contributed by atoms with E-state index in [4.69, 9.17) is 14.5 Å². The quantitative estimate of drug-likeness (QED) is 0.498. The maximum absolute atomic E-state index is 5.61. The van der Waals surface area contributed by atoms with Gasteiger partial charge in [0.05, 0.1) is 20.4 Å². The van der Waals surface area contributed by atoms with Gasteiger partial charge in [0.25, 0.3) is 0 Å². The molecule has 30 heavy (non-hydrogen) atoms. The van der Waals surface area contributed by atoms with E-state index in [0.29, 0.717) is 0 Å². The fourth-order valence-corrected chi connectivity index (χ4v) is 4.12. The Kier molecular flexibility index (Phi) is 4.75. The molecule has 0 spiro atoms. The third kappa shape index (κ3) is 3.24. The molecule has 2 aromatic carbocycles. The zero-order chi connectivity index (χ0) is 20.5. The second kappa shape index (κ2) is 7.71. The van der Waals surface area contributed by atoms with E-state index in [1.165, 1.54) is 5.56 Å². The summed E-state index contributed by atoms with van der Waals surface area (Å²) in [6, 6.07) is 16.3. The Morgan fingerprint density at radius 2 is 1.90 bits per heavy atom. The SMILES string of the molecule is COc1ccc(CN2CCCc3cn4ncc(-c5ccccc5)c4nc32)c(OC)c1. The summed E-state index contributed by atoms with van der Waals surface area (Å²) in [4.78, 5) is 7.42. The van der Waals surface area contributed by atoms with E-state index in [1.54, 1.807) is 14.2 Å². The number of nitrogens with zero attached hydrogens (tertiary/aromatic N) is 4. The van der Waals surface area contributed by atoms with Crippen LogP contribution in [-0.4, -0.2) is 35.4 Å². The van der Waals surface area contributed by atoms with Gasteiger partial charge in [0, 0.05) is 42.0 Å². The van der Waals surface area contributed by atoms with Gasteiger partial charge in [-0.05, 0) is 30.5 Å². The smallest absolute Gasteiger partial charge is 0.165 e. The van der Waals surface area contributed by atoms with Crippen LogP contribution in [0.4, 0.5) is 5.82 Å². The molecule has 152 valence electrons. The van der Waals surface area contributed by atoms with Crippen molar-refractivity contribution in [3.8, 4) is 22.6 Å². The van der Waals surface area contributed by atoms with Crippen molar-refractivity contribution in [1.29, 1.82) is 0 Å². The number of anilines is 1. The Morgan fingerprint density at radius 1 is 1.03 bits per heavy atom. The maximum atomic E-state index is 5.61. The number of methoxy groups -OCH3 is 2. The summed E-state index contributed by atoms with van der Waals surface area (Å²) >= 11 is 0. The number of fused-ring (bicyclic) bond motifs is 2. The molecule has 0 fully saturated rings. The number of ether oxygens (including phenoxy) is 2. The first-order chi connectivity index (χ1) is 14.8. The monoisotopic (exact) mass is 400 g/mol. The fourth-order valence-electron chi connectivity index (χ4n) is 4.12. The molecule has 3 heterocycles. The standard InChI is InChI=1S/C24H24N4O2/c1-29-20-11-10-18(22(13-20)30-2)15-27-12-6-9-19-16-28-24(26-23(19)27)21(14-25-28)17-7-4-3-5-8-17/h3-5,7-8,10-11,13-14,16H,6,9,12,15H2,1-2H3. The predicted molar refractivity (Wildman–Crippen MR) is 117 cm³/mol. The van der Waals surface area contributed by atoms with Crippen LogP contribution in [0.25, 0.3) is 16.8 Å². The van der Waals surface area contributed by atoms with Crippen LogP contribution in [0.5, 0.6) is 11.5 Å². The number of rotatable bonds is 5. The summed E-state index contributed by atoms with van der Waals surface area (Å²) in [5.74, 6) is 2.66. The minimum absolute atomic E-state index is 0.734. The summed E-state index contributed by atoms with van der Waals surface area (Å²) in [7, 11) is 3.36. The van der Waals surface area contributed by atoms with E-state index < -0.39 is 0 Å². The predicted octanol–water partition coefficient (Wildman–Crippen LogP) is 4.37. The highest BCUT2D eigenvalue weighted by Gasteiger charge is 2.22. The molecule has 1 aliphatic heterocycles. The minimum Gasteiger partial charge on any atom is -0.497 e. The highest BCUT2D eigenvalue weighted by molar-refractivity contribution is 5.78. The molecule has 0 radical (unpaired) electrons. The zero-order valence-electron chi connectivity index (χ0n) is 17.2. The van der Waals surface area contributed by atoms with Gasteiger partial charge in [-0.1, -0.05) is 30.3 Å². The first kappa shape index (κ1) is 18.5. The molecule has 0 N–H and O–H groups in total. The average molecular weight is 400 g/mol. The zero-order valence-corrected chi connectivity index (χ0v) is 17.2. The Bertz CT molecular complexity index is 1190. The van der Waals surface area contributed by atoms with Gasteiger partial charge >= 0.3 is 0 Å². The van der Waals surface area contributed by atoms with Gasteiger partial charge in [0.2, 0.25) is 0 Å². The van der Waals surface area contributed by atoms with Gasteiger partial charge in [-0.15, -0.1) is 0 Å². The lowest BCUT2D eigenvalue weighted by molar-refractivity contribution is 0.390. The molecule has 0 bridgehead atoms. The van der Waals surface area contributed by atoms with E-state index in [9.17, 15) is 0 Å². The van der Waals surface area contributed by atoms with Gasteiger partial charge in [0.1, 0.15) is 17.3 Å². The lowest BCUT2D eigenvalue weighted by Crippen LogP contribution is -2.30. The fraction of sp³-hybridized carbons (Fsp3) is 0.250. The topological polar surface area (TPSA) is 51.9 Å². The molecule has 0 unspecified atom stereocenters. The molecular weight excluding hydrogens is 376 g/mol. The van der Waals surface area contributed by atoms with Crippen molar-refractivity contribution in [2.24, 2.45) is 0 Å². The second-order valence-electron chi connectivity index (χ2n) is 7.49. The molecule has 1 aliphatic rings. The van der Waals surface area contributed by atoms with Gasteiger partial charge in [-0.25, -0.2) is 9.50 Å². The summed E-state index contributed by atoms with van der Waals surface area (Å²) in [5, 5.41) is 4.56. The van der Waals surface area contributed by atoms with Crippen LogP contribution in [0.1, 0.15) is 17.5 Å². The third-order valence-electron chi connectivity index (χ3n) is 5.66. The molecule has 6 heteroatoms. The number of aryl methyl sites for hydroxylation is 1. The molecule has 4 aromatic rings. The number of hydrogen-bond acceptors (Lipinski definition) is 5. The summed E-state index contributed by atoms with van der Waals surface area (Å²) in [6.07, 6.45) is 6.13. The molecule has 0 saturated carbocycles. The molecule has 0 amide bonds. The van der Waals surface area contributed by atoms with Crippen molar-refractivity contribution < 1.29 is 9.47 Å². The highest BCUT2D eigenvalue weighted by atomic mass is 16.5. The van der Waals surface area contributed by atoms with E-state index >= 15 is 0 Å². The normalized spacial score (nSPS) is 13.3. The molecule has 2 aromatic heterocycles. The number of benzene rings is 2. The van der Waals surface area contributed by atoms with Crippen molar-refractivity contribution in [2.45, 2.75) is 19.4 Å². The van der Waals surface area contributed by atoms with Gasteiger partial charge in [-0.3, -0.25) is 0 Å². The van der Waals surface area contributed by atoms with Crippen LogP contribution in [0.2, 0.25) is 0 Å². The van der Waals surface area contributed by atoms with Gasteiger partial charge in [-0.2, -0.15) is 5.10 Å². The first-order valence-electron chi connectivity index (χ1n) is 10.2. The van der Waals surface area contributed by atoms with Gasteiger partial charge in [0.15, 0.2) is 5.65 Å². The van der Waals surface area contributed by atoms with Crippen LogP contribution in [-0.2, 0) is 13.0 Å². The Morgan fingerprint density at radius 3 is 2.70 bits per heavy atom. The van der Waals surface area contributed by atoms with E-state index in [0.717, 1.165) is 65.6 Å². The second-order valence-corrected chi connectivity index (χ2v) is 7.49. The lowest BCUT2D eigenvalue weighted by Gasteiger charge is -2.30. The van der Waals surface area contributed by atoms with Crippen molar-refractivity contribution in [1.82, 2.24) is 14.6 Å². The van der Waals surface area contributed by atoms with Crippen LogP contribution in [0.15, 0.2) is 60.9 Å². The summed E-state index contributed by atoms with van der Waals surface area (Å²) < 4.78 is 12.8. The maximum Gasteiger partial charge on any atom is 0.165 e. The molecule has 0 saturated heterocycles. The third-order valence-corrected chi connectivity index (χ3v) is 5.66. The molecule has 6 nitrogen and oxygen atoms in total. The van der Waals surface area contributed by atoms with Crippen LogP contribution in [0.3, 0.4) is 0 Å². The van der Waals surface area contributed by atoms with E-state index in [2.05, 4.69) is 34.4 Å². The van der Waals surface area contributed by atoms with E-state index in [-0.39, 0.29) is 0 Å². The number of hydrogen-bond donors (Lipinski definition) is 0. The lowest BCUT2D eigenvalue weighted by atomic mass is 10.1. The van der Waals surface area contributed by atoms with E-state index in [1.807, 2.05) is 41.0 Å². The molecular formula is C24H24N4O2. The summed E-state index contributed by atoms with van der Waals surface area (Å²) in [6.45, 7) is 1.69. The Balaban J connectivity index is 1.55. The molecule has 0 aliphatic carbocycles. The molecule has 0 atom stereocenters. The number of aromatic nitrogens is 3. The van der Waals surface area contributed by atoms with Crippen molar-refractivity contribution in [3.63, 3.8) is 0 Å².